The Morgan fingerprint density at radius 2 is 2.05 bits per heavy atom. The molecule has 0 saturated carbocycles. The Hall–Kier alpha value is -1.66. The van der Waals surface area contributed by atoms with Crippen molar-refractivity contribution in [1.82, 2.24) is 5.32 Å². The van der Waals surface area contributed by atoms with Gasteiger partial charge in [0, 0.05) is 16.7 Å². The lowest BCUT2D eigenvalue weighted by atomic mass is 10.2. The fourth-order valence-corrected chi connectivity index (χ4v) is 5.36. The number of amides is 1. The molecule has 1 aromatic heterocycles. The minimum Gasteiger partial charge on any atom is -0.477 e. The summed E-state index contributed by atoms with van der Waals surface area (Å²) in [5.74, 6) is -1.50. The van der Waals surface area contributed by atoms with Crippen molar-refractivity contribution in [1.29, 1.82) is 0 Å². The van der Waals surface area contributed by atoms with Gasteiger partial charge in [0.25, 0.3) is 0 Å². The van der Waals surface area contributed by atoms with E-state index in [1.807, 2.05) is 6.08 Å². The number of nitrogens with one attached hydrogen (secondary N) is 1. The number of aliphatic carboxylic acids is 1. The first kappa shape index (κ1) is 17.4. The Balaban J connectivity index is 3.35. The van der Waals surface area contributed by atoms with Gasteiger partial charge in [0.05, 0.1) is 8.80 Å². The monoisotopic (exact) mass is 323 g/mol. The van der Waals surface area contributed by atoms with E-state index in [2.05, 4.69) is 31.1 Å². The Bertz CT molecular complexity index is 602. The van der Waals surface area contributed by atoms with Gasteiger partial charge < -0.3 is 10.4 Å². The number of hydrogen-bond acceptors (Lipinski definition) is 3. The van der Waals surface area contributed by atoms with E-state index in [-0.39, 0.29) is 11.6 Å². The Kier molecular flexibility index (Phi) is 6.11. The number of hydrogen-bond donors (Lipinski definition) is 2. The van der Waals surface area contributed by atoms with Crippen molar-refractivity contribution in [2.24, 2.45) is 0 Å². The van der Waals surface area contributed by atoms with Crippen LogP contribution in [-0.4, -0.2) is 25.8 Å². The summed E-state index contributed by atoms with van der Waals surface area (Å²) < 4.78 is 0. The maximum absolute atomic E-state index is 11.3. The largest absolute Gasteiger partial charge is 0.477 e. The highest BCUT2D eigenvalue weighted by Crippen LogP contribution is 2.26. The molecule has 6 heteroatoms. The lowest BCUT2D eigenvalue weighted by Crippen LogP contribution is -2.26. The van der Waals surface area contributed by atoms with Crippen LogP contribution >= 0.6 is 11.3 Å². The molecule has 0 aliphatic heterocycles. The summed E-state index contributed by atoms with van der Waals surface area (Å²) in [7, 11) is -1.000. The van der Waals surface area contributed by atoms with E-state index >= 15 is 0 Å². The maximum atomic E-state index is 11.3. The zero-order valence-corrected chi connectivity index (χ0v) is 14.8. The molecule has 1 aromatic rings. The molecule has 0 fully saturated rings. The van der Waals surface area contributed by atoms with Crippen LogP contribution in [0.15, 0.2) is 24.4 Å². The molecule has 21 heavy (non-hydrogen) atoms. The standard InChI is InChI=1S/C15H21NO3SSi/c1-6-7-11-13(21(4)5)8-12(20-11)9(2)14(15(18)19)16-10(3)17/h6,8,21H,1,7H2,2-5H3,(H,16,17)(H,18,19). The lowest BCUT2D eigenvalue weighted by molar-refractivity contribution is -0.134. The molecule has 4 nitrogen and oxygen atoms in total. The zero-order chi connectivity index (χ0) is 16.2. The molecule has 0 aromatic carbocycles. The van der Waals surface area contributed by atoms with Crippen molar-refractivity contribution < 1.29 is 14.7 Å². The highest BCUT2D eigenvalue weighted by atomic mass is 32.1. The maximum Gasteiger partial charge on any atom is 0.352 e. The topological polar surface area (TPSA) is 66.4 Å². The summed E-state index contributed by atoms with van der Waals surface area (Å²) in [5.41, 5.74) is 0.541. The molecule has 0 unspecified atom stereocenters. The number of carbonyl (C=O) groups is 2. The van der Waals surface area contributed by atoms with Crippen LogP contribution in [0.5, 0.6) is 0 Å². The molecular formula is C15H21NO3SSi. The highest BCUT2D eigenvalue weighted by molar-refractivity contribution is 7.14. The number of thiophene rings is 1. The fraction of sp³-hybridized carbons (Fsp3) is 0.333. The molecular weight excluding hydrogens is 302 g/mol. The molecule has 2 N–H and O–H groups in total. The highest BCUT2D eigenvalue weighted by Gasteiger charge is 2.18. The van der Waals surface area contributed by atoms with Gasteiger partial charge in [-0.3, -0.25) is 4.79 Å². The van der Waals surface area contributed by atoms with Crippen molar-refractivity contribution in [2.75, 3.05) is 0 Å². The normalized spacial score (nSPS) is 12.0. The van der Waals surface area contributed by atoms with E-state index in [1.165, 1.54) is 17.0 Å². The van der Waals surface area contributed by atoms with Crippen LogP contribution in [0.1, 0.15) is 23.6 Å². The Morgan fingerprint density at radius 1 is 1.43 bits per heavy atom. The zero-order valence-electron chi connectivity index (χ0n) is 12.8. The molecule has 0 radical (unpaired) electrons. The van der Waals surface area contributed by atoms with Crippen LogP contribution in [-0.2, 0) is 16.0 Å². The van der Waals surface area contributed by atoms with Crippen LogP contribution in [0.25, 0.3) is 5.57 Å². The van der Waals surface area contributed by atoms with E-state index in [1.54, 1.807) is 18.3 Å². The van der Waals surface area contributed by atoms with Gasteiger partial charge in [0.2, 0.25) is 5.91 Å². The molecule has 1 amide bonds. The average Bonchev–Trinajstić information content (AvgIpc) is 2.79. The molecule has 114 valence electrons. The summed E-state index contributed by atoms with van der Waals surface area (Å²) in [6.45, 7) is 11.3. The second kappa shape index (κ2) is 7.38. The lowest BCUT2D eigenvalue weighted by Gasteiger charge is -2.07. The molecule has 0 aliphatic carbocycles. The summed E-state index contributed by atoms with van der Waals surface area (Å²) >= 11 is 1.58. The van der Waals surface area contributed by atoms with Gasteiger partial charge in [-0.05, 0) is 30.2 Å². The van der Waals surface area contributed by atoms with Crippen molar-refractivity contribution in [3.8, 4) is 0 Å². The van der Waals surface area contributed by atoms with E-state index in [4.69, 9.17) is 0 Å². The van der Waals surface area contributed by atoms with Gasteiger partial charge in [0.1, 0.15) is 5.70 Å². The minimum absolute atomic E-state index is 0.0501. The number of carbonyl (C=O) groups excluding carboxylic acids is 1. The number of carboxylic acid groups (broad SMARTS) is 1. The second-order valence-electron chi connectivity index (χ2n) is 5.12. The van der Waals surface area contributed by atoms with Crippen molar-refractivity contribution in [3.63, 3.8) is 0 Å². The predicted molar refractivity (Wildman–Crippen MR) is 90.8 cm³/mol. The van der Waals surface area contributed by atoms with Crippen molar-refractivity contribution >= 4 is 42.8 Å². The second-order valence-corrected chi connectivity index (χ2v) is 9.19. The number of allylic oxidation sites excluding steroid dienone is 2. The third-order valence-corrected chi connectivity index (χ3v) is 6.31. The van der Waals surface area contributed by atoms with Gasteiger partial charge in [0.15, 0.2) is 0 Å². The first-order chi connectivity index (χ1) is 9.77. The molecule has 0 aliphatic rings. The fourth-order valence-electron chi connectivity index (χ4n) is 2.01. The van der Waals surface area contributed by atoms with Gasteiger partial charge >= 0.3 is 5.97 Å². The molecule has 0 spiro atoms. The molecule has 0 saturated heterocycles. The smallest absolute Gasteiger partial charge is 0.352 e. The minimum atomic E-state index is -1.12. The van der Waals surface area contributed by atoms with Crippen LogP contribution in [0, 0.1) is 0 Å². The molecule has 0 atom stereocenters. The van der Waals surface area contributed by atoms with Gasteiger partial charge in [-0.25, -0.2) is 4.79 Å². The van der Waals surface area contributed by atoms with Crippen LogP contribution in [0.3, 0.4) is 0 Å². The van der Waals surface area contributed by atoms with Gasteiger partial charge in [-0.2, -0.15) is 0 Å². The van der Waals surface area contributed by atoms with Crippen molar-refractivity contribution in [3.05, 3.63) is 34.2 Å². The number of carboxylic acids is 1. The molecule has 1 rings (SSSR count). The van der Waals surface area contributed by atoms with E-state index in [9.17, 15) is 14.7 Å². The van der Waals surface area contributed by atoms with Crippen molar-refractivity contribution in [2.45, 2.75) is 33.4 Å². The summed E-state index contributed by atoms with van der Waals surface area (Å²) in [6, 6.07) is 2.07. The summed E-state index contributed by atoms with van der Waals surface area (Å²) in [5, 5.41) is 13.0. The average molecular weight is 323 g/mol. The predicted octanol–water partition coefficient (Wildman–Crippen LogP) is 2.12. The molecule has 1 heterocycles. The Morgan fingerprint density at radius 3 is 2.48 bits per heavy atom. The first-order valence-electron chi connectivity index (χ1n) is 6.73. The van der Waals surface area contributed by atoms with Crippen LogP contribution in [0.2, 0.25) is 13.1 Å². The van der Waals surface area contributed by atoms with Gasteiger partial charge in [-0.1, -0.05) is 19.2 Å². The van der Waals surface area contributed by atoms with E-state index < -0.39 is 14.8 Å². The van der Waals surface area contributed by atoms with Crippen LogP contribution in [0.4, 0.5) is 0 Å². The Labute approximate surface area is 130 Å². The summed E-state index contributed by atoms with van der Waals surface area (Å²) in [4.78, 5) is 24.6. The van der Waals surface area contributed by atoms with Gasteiger partial charge in [-0.15, -0.1) is 17.9 Å². The SMILES string of the molecule is C=CCc1sc(C(C)=C(NC(C)=O)C(=O)O)cc1[SiH](C)C. The number of rotatable bonds is 6. The molecule has 0 bridgehead atoms. The van der Waals surface area contributed by atoms with E-state index in [0.717, 1.165) is 11.3 Å². The van der Waals surface area contributed by atoms with E-state index in [0.29, 0.717) is 5.57 Å². The van der Waals surface area contributed by atoms with Crippen LogP contribution < -0.4 is 10.5 Å². The third-order valence-electron chi connectivity index (χ3n) is 3.05. The quantitative estimate of drug-likeness (QED) is 0.479. The first-order valence-corrected chi connectivity index (χ1v) is 10.4. The summed E-state index contributed by atoms with van der Waals surface area (Å²) in [6.07, 6.45) is 2.65. The third kappa shape index (κ3) is 4.40.